The van der Waals surface area contributed by atoms with Gasteiger partial charge >= 0.3 is 0 Å². The Balaban J connectivity index is 0.000000202. The van der Waals surface area contributed by atoms with Gasteiger partial charge < -0.3 is 9.97 Å². The molecule has 0 aliphatic heterocycles. The Morgan fingerprint density at radius 2 is 1.48 bits per heavy atom. The number of aryl methyl sites for hydroxylation is 1. The van der Waals surface area contributed by atoms with E-state index in [9.17, 15) is 4.39 Å². The molecule has 0 aliphatic carbocycles. The van der Waals surface area contributed by atoms with E-state index in [1.807, 2.05) is 85.9 Å². The number of pyridine rings is 2. The van der Waals surface area contributed by atoms with Crippen LogP contribution < -0.4 is 0 Å². The number of halogens is 1. The Labute approximate surface area is 207 Å². The molecule has 0 N–H and O–H groups in total. The Hall–Kier alpha value is -3.46. The molecular weight excluding hydrogens is 588 g/mol. The number of hydrogen-bond acceptors (Lipinski definition) is 2. The van der Waals surface area contributed by atoms with E-state index in [-0.39, 0.29) is 25.9 Å². The summed E-state index contributed by atoms with van der Waals surface area (Å²) in [4.78, 5) is 8.60. The molecule has 2 aromatic heterocycles. The van der Waals surface area contributed by atoms with Crippen LogP contribution in [0.15, 0.2) is 109 Å². The van der Waals surface area contributed by atoms with Gasteiger partial charge in [-0.1, -0.05) is 48.5 Å². The first-order valence-electron chi connectivity index (χ1n) is 10.3. The van der Waals surface area contributed by atoms with Crippen LogP contribution in [0.5, 0.6) is 0 Å². The molecule has 5 rings (SSSR count). The molecule has 33 heavy (non-hydrogen) atoms. The summed E-state index contributed by atoms with van der Waals surface area (Å²) in [5.41, 5.74) is 6.74. The molecule has 0 bridgehead atoms. The first kappa shape index (κ1) is 24.2. The minimum Gasteiger partial charge on any atom is -0.305 e. The SMILES string of the molecule is Cc1cnc(-c2[c-]c(F)ccc2)cc1-c1ccccc1.[Ir].[c-]1ccccc1-c1ccccn1. The van der Waals surface area contributed by atoms with E-state index >= 15 is 0 Å². The van der Waals surface area contributed by atoms with Crippen LogP contribution in [0.4, 0.5) is 4.39 Å². The topological polar surface area (TPSA) is 25.8 Å². The second kappa shape index (κ2) is 12.0. The van der Waals surface area contributed by atoms with Crippen molar-refractivity contribution in [2.24, 2.45) is 0 Å². The van der Waals surface area contributed by atoms with E-state index in [1.165, 1.54) is 6.07 Å². The Kier molecular flexibility index (Phi) is 8.77. The van der Waals surface area contributed by atoms with E-state index in [4.69, 9.17) is 0 Å². The number of aromatic nitrogens is 2. The van der Waals surface area contributed by atoms with Gasteiger partial charge in [-0.25, -0.2) is 4.39 Å². The fourth-order valence-corrected chi connectivity index (χ4v) is 3.26. The van der Waals surface area contributed by atoms with Crippen LogP contribution in [0.25, 0.3) is 33.6 Å². The second-order valence-corrected chi connectivity index (χ2v) is 7.15. The van der Waals surface area contributed by atoms with Crippen LogP contribution in [0.2, 0.25) is 0 Å². The Bertz CT molecular complexity index is 1240. The summed E-state index contributed by atoms with van der Waals surface area (Å²) in [6.45, 7) is 2.02. The molecule has 0 aliphatic rings. The second-order valence-electron chi connectivity index (χ2n) is 7.15. The maximum Gasteiger partial charge on any atom is 0.0405 e. The van der Waals surface area contributed by atoms with Crippen LogP contribution in [0, 0.1) is 24.9 Å². The normalized spacial score (nSPS) is 9.88. The molecule has 3 aromatic carbocycles. The molecule has 0 saturated carbocycles. The van der Waals surface area contributed by atoms with E-state index in [0.29, 0.717) is 5.56 Å². The molecule has 0 amide bonds. The molecule has 0 fully saturated rings. The van der Waals surface area contributed by atoms with Crippen molar-refractivity contribution in [3.8, 4) is 33.6 Å². The molecule has 0 spiro atoms. The summed E-state index contributed by atoms with van der Waals surface area (Å²) in [7, 11) is 0. The Morgan fingerprint density at radius 1 is 0.727 bits per heavy atom. The van der Waals surface area contributed by atoms with Gasteiger partial charge in [0.25, 0.3) is 0 Å². The molecule has 1 radical (unpaired) electrons. The fraction of sp³-hybridized carbons (Fsp3) is 0.0345. The molecule has 4 heteroatoms. The van der Waals surface area contributed by atoms with Crippen LogP contribution in [-0.4, -0.2) is 9.97 Å². The number of rotatable bonds is 3. The third-order valence-electron chi connectivity index (χ3n) is 4.87. The fourth-order valence-electron chi connectivity index (χ4n) is 3.26. The van der Waals surface area contributed by atoms with Gasteiger partial charge in [0.15, 0.2) is 0 Å². The first-order valence-corrected chi connectivity index (χ1v) is 10.3. The average molecular weight is 609 g/mol. The quantitative estimate of drug-likeness (QED) is 0.202. The maximum absolute atomic E-state index is 13.3. The van der Waals surface area contributed by atoms with E-state index < -0.39 is 0 Å². The number of hydrogen-bond donors (Lipinski definition) is 0. The monoisotopic (exact) mass is 609 g/mol. The third kappa shape index (κ3) is 6.52. The summed E-state index contributed by atoms with van der Waals surface area (Å²) in [5, 5.41) is 0. The summed E-state index contributed by atoms with van der Waals surface area (Å²) < 4.78 is 13.3. The molecular formula is C29H21FIrN2-2. The van der Waals surface area contributed by atoms with Gasteiger partial charge in [-0.05, 0) is 41.1 Å². The summed E-state index contributed by atoms with van der Waals surface area (Å²) in [6.07, 6.45) is 3.60. The predicted octanol–water partition coefficient (Wildman–Crippen LogP) is 7.21. The van der Waals surface area contributed by atoms with Gasteiger partial charge in [-0.15, -0.1) is 65.7 Å². The summed E-state index contributed by atoms with van der Waals surface area (Å²) >= 11 is 0. The van der Waals surface area contributed by atoms with E-state index in [0.717, 1.165) is 33.6 Å². The number of nitrogens with zero attached hydrogens (tertiary/aromatic N) is 2. The molecule has 165 valence electrons. The molecule has 0 saturated heterocycles. The Morgan fingerprint density at radius 3 is 2.18 bits per heavy atom. The zero-order valence-electron chi connectivity index (χ0n) is 18.0. The van der Waals surface area contributed by atoms with Gasteiger partial charge in [0.1, 0.15) is 0 Å². The van der Waals surface area contributed by atoms with E-state index in [1.54, 1.807) is 12.3 Å². The molecule has 0 atom stereocenters. The van der Waals surface area contributed by atoms with Crippen LogP contribution in [0.3, 0.4) is 0 Å². The zero-order chi connectivity index (χ0) is 22.2. The van der Waals surface area contributed by atoms with Crippen LogP contribution in [0.1, 0.15) is 5.56 Å². The predicted molar refractivity (Wildman–Crippen MR) is 127 cm³/mol. The van der Waals surface area contributed by atoms with Crippen molar-refractivity contribution in [2.75, 3.05) is 0 Å². The van der Waals surface area contributed by atoms with E-state index in [2.05, 4.69) is 34.2 Å². The third-order valence-corrected chi connectivity index (χ3v) is 4.87. The molecule has 0 unspecified atom stereocenters. The van der Waals surface area contributed by atoms with Gasteiger partial charge in [-0.2, -0.15) is 0 Å². The van der Waals surface area contributed by atoms with Gasteiger partial charge in [0, 0.05) is 38.3 Å². The minimum absolute atomic E-state index is 0. The van der Waals surface area contributed by atoms with Crippen molar-refractivity contribution < 1.29 is 24.5 Å². The van der Waals surface area contributed by atoms with Crippen molar-refractivity contribution in [2.45, 2.75) is 6.92 Å². The molecule has 5 aromatic rings. The molecule has 2 heterocycles. The van der Waals surface area contributed by atoms with Gasteiger partial charge in [-0.3, -0.25) is 0 Å². The summed E-state index contributed by atoms with van der Waals surface area (Å²) in [6, 6.07) is 36.5. The summed E-state index contributed by atoms with van der Waals surface area (Å²) in [5.74, 6) is -0.369. The van der Waals surface area contributed by atoms with Gasteiger partial charge in [0.05, 0.1) is 0 Å². The first-order chi connectivity index (χ1) is 15.7. The van der Waals surface area contributed by atoms with Crippen molar-refractivity contribution >= 4 is 0 Å². The smallest absolute Gasteiger partial charge is 0.0405 e. The van der Waals surface area contributed by atoms with Gasteiger partial charge in [0.2, 0.25) is 0 Å². The van der Waals surface area contributed by atoms with Crippen LogP contribution >= 0.6 is 0 Å². The van der Waals surface area contributed by atoms with Crippen LogP contribution in [-0.2, 0) is 20.1 Å². The minimum atomic E-state index is -0.369. The zero-order valence-corrected chi connectivity index (χ0v) is 20.4. The van der Waals surface area contributed by atoms with Crippen molar-refractivity contribution in [1.82, 2.24) is 9.97 Å². The average Bonchev–Trinajstić information content (AvgIpc) is 2.86. The van der Waals surface area contributed by atoms with Crippen molar-refractivity contribution in [1.29, 1.82) is 0 Å². The number of benzene rings is 3. The largest absolute Gasteiger partial charge is 0.305 e. The van der Waals surface area contributed by atoms with Crippen molar-refractivity contribution in [3.05, 3.63) is 133 Å². The molecule has 2 nitrogen and oxygen atoms in total. The van der Waals surface area contributed by atoms with Crippen molar-refractivity contribution in [3.63, 3.8) is 0 Å². The maximum atomic E-state index is 13.3. The standard InChI is InChI=1S/C18H13FN.C11H8N.Ir/c1-13-12-20-18(15-8-5-9-16(19)10-15)11-17(13)14-6-3-2-4-7-14;1-2-6-10(7-3-1)11-8-4-5-9-12-11;/h2-9,11-12H,1H3;1-6,8-9H;/q2*-1;.